The molecule has 12 heteroatoms. The molecule has 1 aliphatic carbocycles. The van der Waals surface area contributed by atoms with Crippen LogP contribution < -0.4 is 5.32 Å². The van der Waals surface area contributed by atoms with E-state index in [0.717, 1.165) is 31.4 Å². The van der Waals surface area contributed by atoms with Crippen LogP contribution in [0.1, 0.15) is 66.6 Å². The average Bonchev–Trinajstić information content (AvgIpc) is 3.50. The number of nitriles is 1. The van der Waals surface area contributed by atoms with Crippen LogP contribution in [0.2, 0.25) is 5.21 Å². The van der Waals surface area contributed by atoms with Crippen molar-refractivity contribution >= 4 is 42.3 Å². The number of amides is 2. The third kappa shape index (κ3) is 7.01. The van der Waals surface area contributed by atoms with E-state index >= 15 is 0 Å². The van der Waals surface area contributed by atoms with Crippen molar-refractivity contribution in [2.24, 2.45) is 13.0 Å². The van der Waals surface area contributed by atoms with Crippen molar-refractivity contribution in [3.8, 4) is 17.9 Å². The Hall–Kier alpha value is -3.43. The number of alkyl halides is 2. The van der Waals surface area contributed by atoms with E-state index in [1.165, 1.54) is 6.20 Å². The topological polar surface area (TPSA) is 128 Å². The van der Waals surface area contributed by atoms with Crippen LogP contribution in [0.25, 0.3) is 11.0 Å². The molecule has 2 aliphatic rings. The van der Waals surface area contributed by atoms with E-state index in [1.807, 2.05) is 11.6 Å². The standard InChI is InChI=1S/C28H32AsF2N5O4/c1-35-22(9-7-5-3-2-4-6-8-19-13-28(30,31)14-19)24(21-12-20(15-32)16-33-25(21)35)26(39)36-11-10-29(18-36)27(40)34-17-23(37)38/h12,16,19H,2-5,7,9-11,13-14,17-18H2,1H3,(H,34,40)(H,37,38). The summed E-state index contributed by atoms with van der Waals surface area (Å²) < 4.78 is 27.5. The van der Waals surface area contributed by atoms with E-state index in [2.05, 4.69) is 28.2 Å². The van der Waals surface area contributed by atoms with Gasteiger partial charge in [0.25, 0.3) is 5.92 Å². The van der Waals surface area contributed by atoms with Crippen molar-refractivity contribution in [3.63, 3.8) is 0 Å². The number of carboxylic acid groups (broad SMARTS) is 1. The summed E-state index contributed by atoms with van der Waals surface area (Å²) in [5.41, 5.74) is 2.30. The van der Waals surface area contributed by atoms with E-state index in [4.69, 9.17) is 5.11 Å². The quantitative estimate of drug-likeness (QED) is 0.238. The van der Waals surface area contributed by atoms with Gasteiger partial charge in [-0.05, 0) is 0 Å². The summed E-state index contributed by atoms with van der Waals surface area (Å²) in [5, 5.41) is 22.2. The zero-order valence-corrected chi connectivity index (χ0v) is 24.3. The molecule has 2 N–H and O–H groups in total. The molecule has 0 spiro atoms. The number of aromatic nitrogens is 2. The number of fused-ring (bicyclic) bond motifs is 1. The van der Waals surface area contributed by atoms with E-state index in [-0.39, 0.29) is 29.4 Å². The minimum absolute atomic E-state index is 0.130. The number of carbonyl (C=O) groups excluding carboxylic acids is 2. The van der Waals surface area contributed by atoms with Crippen LogP contribution in [0.5, 0.6) is 0 Å². The molecule has 1 saturated heterocycles. The van der Waals surface area contributed by atoms with Crippen LogP contribution in [0.4, 0.5) is 13.6 Å². The molecule has 1 aliphatic heterocycles. The van der Waals surface area contributed by atoms with Crippen LogP contribution in [0.15, 0.2) is 12.3 Å². The Kier molecular flexibility index (Phi) is 9.47. The molecule has 2 aromatic heterocycles. The summed E-state index contributed by atoms with van der Waals surface area (Å²) in [4.78, 5) is 43.1. The van der Waals surface area contributed by atoms with Crippen LogP contribution in [0, 0.1) is 29.1 Å². The molecule has 40 heavy (non-hydrogen) atoms. The summed E-state index contributed by atoms with van der Waals surface area (Å²) in [6.45, 7) is 0.000170. The van der Waals surface area contributed by atoms with E-state index in [1.54, 1.807) is 11.0 Å². The van der Waals surface area contributed by atoms with E-state index in [9.17, 15) is 28.4 Å². The van der Waals surface area contributed by atoms with Crippen LogP contribution >= 0.6 is 0 Å². The molecule has 9 nitrogen and oxygen atoms in total. The molecule has 0 bridgehead atoms. The number of nitrogens with one attached hydrogen (secondary N) is 1. The Morgan fingerprint density at radius 3 is 2.70 bits per heavy atom. The molecule has 1 saturated carbocycles. The van der Waals surface area contributed by atoms with Gasteiger partial charge in [0.05, 0.1) is 0 Å². The number of aliphatic carboxylic acids is 1. The first-order chi connectivity index (χ1) is 19.1. The fourth-order valence-electron chi connectivity index (χ4n) is 5.13. The van der Waals surface area contributed by atoms with E-state index in [0.29, 0.717) is 52.1 Å². The monoisotopic (exact) mass is 615 g/mol. The predicted molar refractivity (Wildman–Crippen MR) is 145 cm³/mol. The Morgan fingerprint density at radius 1 is 1.25 bits per heavy atom. The second kappa shape index (κ2) is 12.8. The Bertz CT molecular complexity index is 1400. The normalized spacial score (nSPS) is 18.1. The zero-order valence-electron chi connectivity index (χ0n) is 22.4. The van der Waals surface area contributed by atoms with Crippen LogP contribution in [-0.4, -0.2) is 75.1 Å². The molecule has 1 atom stereocenters. The Morgan fingerprint density at radius 2 is 2.00 bits per heavy atom. The van der Waals surface area contributed by atoms with Gasteiger partial charge < -0.3 is 0 Å². The molecule has 2 fully saturated rings. The van der Waals surface area contributed by atoms with Gasteiger partial charge in [-0.2, -0.15) is 0 Å². The molecule has 212 valence electrons. The first-order valence-corrected chi connectivity index (χ1v) is 17.0. The second-order valence-corrected chi connectivity index (χ2v) is 15.0. The SMILES string of the molecule is Cn1c(CCCCCCC#CC2CC(F)(F)C2)c(C(=O)N2CC[As](C(=O)NCC(=O)O)C2)c2cc(C#N)cnc21. The van der Waals surface area contributed by atoms with Crippen molar-refractivity contribution < 1.29 is 28.3 Å². The molecule has 0 radical (unpaired) electrons. The Labute approximate surface area is 236 Å². The first kappa shape index (κ1) is 29.5. The van der Waals surface area contributed by atoms with Gasteiger partial charge in [-0.3, -0.25) is 0 Å². The number of rotatable bonds is 10. The molecule has 3 heterocycles. The number of carboxylic acids is 1. The molecule has 2 amide bonds. The molecule has 2 aromatic rings. The van der Waals surface area contributed by atoms with E-state index < -0.39 is 33.1 Å². The summed E-state index contributed by atoms with van der Waals surface area (Å²) in [6.07, 6.45) is 6.10. The zero-order chi connectivity index (χ0) is 28.9. The molecule has 1 unspecified atom stereocenters. The number of halogens is 2. The van der Waals surface area contributed by atoms with Crippen molar-refractivity contribution in [2.45, 2.75) is 62.5 Å². The van der Waals surface area contributed by atoms with Gasteiger partial charge in [0.15, 0.2) is 0 Å². The van der Waals surface area contributed by atoms with Crippen LogP contribution in [0.3, 0.4) is 0 Å². The number of unbranched alkanes of at least 4 members (excludes halogenated alkanes) is 4. The van der Waals surface area contributed by atoms with Gasteiger partial charge in [0.2, 0.25) is 0 Å². The number of hydrogen-bond acceptors (Lipinski definition) is 5. The van der Waals surface area contributed by atoms with Crippen molar-refractivity contribution in [1.82, 2.24) is 19.8 Å². The fraction of sp³-hybridized carbons (Fsp3) is 0.536. The minimum atomic E-state index is -2.54. The van der Waals surface area contributed by atoms with Gasteiger partial charge >= 0.3 is 197 Å². The molecular weight excluding hydrogens is 583 g/mol. The maximum atomic E-state index is 13.8. The number of aryl methyl sites for hydroxylation is 1. The third-order valence-corrected chi connectivity index (χ3v) is 11.8. The number of pyridine rings is 1. The molecule has 4 rings (SSSR count). The summed E-state index contributed by atoms with van der Waals surface area (Å²) in [5.74, 6) is 1.94. The van der Waals surface area contributed by atoms with Gasteiger partial charge in [0, 0.05) is 18.8 Å². The van der Waals surface area contributed by atoms with Crippen molar-refractivity contribution in [3.05, 3.63) is 29.1 Å². The summed E-state index contributed by atoms with van der Waals surface area (Å²) >= 11 is -2.12. The maximum absolute atomic E-state index is 13.8. The molecular formula is C28H32AsF2N5O4. The fourth-order valence-corrected chi connectivity index (χ4v) is 9.20. The second-order valence-electron chi connectivity index (χ2n) is 10.3. The van der Waals surface area contributed by atoms with Gasteiger partial charge in [-0.25, -0.2) is 8.78 Å². The first-order valence-electron chi connectivity index (χ1n) is 13.4. The molecule has 0 aromatic carbocycles. The Balaban J connectivity index is 1.40. The average molecular weight is 616 g/mol. The number of nitrogens with zero attached hydrogens (tertiary/aromatic N) is 4. The predicted octanol–water partition coefficient (Wildman–Crippen LogP) is 3.85. The van der Waals surface area contributed by atoms with Crippen molar-refractivity contribution in [2.75, 3.05) is 18.4 Å². The van der Waals surface area contributed by atoms with Gasteiger partial charge in [-0.15, -0.1) is 0 Å². The summed E-state index contributed by atoms with van der Waals surface area (Å²) in [6, 6.07) is 3.77. The summed E-state index contributed by atoms with van der Waals surface area (Å²) in [7, 11) is 1.86. The number of carbonyl (C=O) groups is 3. The number of hydrogen-bond donors (Lipinski definition) is 2. The third-order valence-electron chi connectivity index (χ3n) is 7.30. The van der Waals surface area contributed by atoms with Crippen molar-refractivity contribution in [1.29, 1.82) is 5.26 Å². The van der Waals surface area contributed by atoms with Gasteiger partial charge in [-0.1, -0.05) is 5.92 Å². The van der Waals surface area contributed by atoms with Gasteiger partial charge in [0.1, 0.15) is 0 Å². The van der Waals surface area contributed by atoms with Crippen LogP contribution in [-0.2, 0) is 18.3 Å².